The van der Waals surface area contributed by atoms with Crippen molar-refractivity contribution in [1.29, 1.82) is 0 Å². The molecule has 0 saturated heterocycles. The Balaban J connectivity index is 1.84. The number of carbonyl (C=O) groups excluding carboxylic acids is 2. The fourth-order valence-corrected chi connectivity index (χ4v) is 2.01. The molecule has 0 aliphatic rings. The van der Waals surface area contributed by atoms with Gasteiger partial charge < -0.3 is 14.8 Å². The van der Waals surface area contributed by atoms with Crippen LogP contribution in [-0.4, -0.2) is 38.8 Å². The molecule has 2 aromatic carbocycles. The van der Waals surface area contributed by atoms with Gasteiger partial charge in [-0.1, -0.05) is 18.2 Å². The van der Waals surface area contributed by atoms with Gasteiger partial charge >= 0.3 is 0 Å². The Morgan fingerprint density at radius 1 is 1.08 bits per heavy atom. The highest BCUT2D eigenvalue weighted by Crippen LogP contribution is 2.14. The van der Waals surface area contributed by atoms with Crippen LogP contribution in [0.15, 0.2) is 53.6 Å². The van der Waals surface area contributed by atoms with Crippen molar-refractivity contribution in [3.05, 3.63) is 59.7 Å². The molecule has 0 bridgehead atoms. The summed E-state index contributed by atoms with van der Waals surface area (Å²) in [5.41, 5.74) is 3.48. The topological polar surface area (TPSA) is 89.0 Å². The second-order valence-corrected chi connectivity index (χ2v) is 4.95. The van der Waals surface area contributed by atoms with Crippen molar-refractivity contribution in [2.24, 2.45) is 5.10 Å². The normalized spacial score (nSPS) is 10.3. The lowest BCUT2D eigenvalue weighted by molar-refractivity contribution is -0.120. The summed E-state index contributed by atoms with van der Waals surface area (Å²) in [6.07, 6.45) is 1.47. The number of benzene rings is 2. The maximum atomic E-state index is 12.0. The van der Waals surface area contributed by atoms with Crippen molar-refractivity contribution >= 4 is 18.0 Å². The summed E-state index contributed by atoms with van der Waals surface area (Å²) in [5, 5.41) is 6.37. The highest BCUT2D eigenvalue weighted by Gasteiger charge is 2.08. The Hall–Kier alpha value is -3.35. The quantitative estimate of drug-likeness (QED) is 0.591. The first-order valence-corrected chi connectivity index (χ1v) is 7.51. The number of hydrogen-bond donors (Lipinski definition) is 2. The molecule has 0 saturated carbocycles. The Kier molecular flexibility index (Phi) is 6.53. The van der Waals surface area contributed by atoms with E-state index >= 15 is 0 Å². The number of hydrazone groups is 1. The van der Waals surface area contributed by atoms with E-state index in [4.69, 9.17) is 9.47 Å². The summed E-state index contributed by atoms with van der Waals surface area (Å²) in [4.78, 5) is 23.7. The summed E-state index contributed by atoms with van der Waals surface area (Å²) in [6.45, 7) is -0.195. The minimum Gasteiger partial charge on any atom is -0.497 e. The number of carbonyl (C=O) groups is 2. The SMILES string of the molecule is COc1cccc(C(=O)NCC(=O)N/N=C/c2ccccc2OC)c1. The molecular weight excluding hydrogens is 322 g/mol. The molecule has 0 fully saturated rings. The minimum absolute atomic E-state index is 0.195. The summed E-state index contributed by atoms with van der Waals surface area (Å²) in [6, 6.07) is 13.9. The predicted octanol–water partition coefficient (Wildman–Crippen LogP) is 1.58. The number of amides is 2. The van der Waals surface area contributed by atoms with Crippen molar-refractivity contribution in [3.63, 3.8) is 0 Å². The zero-order valence-corrected chi connectivity index (χ0v) is 14.0. The molecule has 0 aromatic heterocycles. The Morgan fingerprint density at radius 2 is 1.88 bits per heavy atom. The second kappa shape index (κ2) is 9.07. The number of nitrogens with zero attached hydrogens (tertiary/aromatic N) is 1. The van der Waals surface area contributed by atoms with Gasteiger partial charge in [-0.2, -0.15) is 5.10 Å². The Morgan fingerprint density at radius 3 is 2.64 bits per heavy atom. The van der Waals surface area contributed by atoms with Crippen molar-refractivity contribution in [1.82, 2.24) is 10.7 Å². The first-order valence-electron chi connectivity index (χ1n) is 7.51. The maximum Gasteiger partial charge on any atom is 0.259 e. The lowest BCUT2D eigenvalue weighted by Crippen LogP contribution is -2.34. The number of para-hydroxylation sites is 1. The number of nitrogens with one attached hydrogen (secondary N) is 2. The zero-order valence-electron chi connectivity index (χ0n) is 14.0. The van der Waals surface area contributed by atoms with Crippen LogP contribution in [0.3, 0.4) is 0 Å². The third kappa shape index (κ3) is 5.35. The maximum absolute atomic E-state index is 12.0. The van der Waals surface area contributed by atoms with E-state index in [9.17, 15) is 9.59 Å². The van der Waals surface area contributed by atoms with Crippen LogP contribution in [0.1, 0.15) is 15.9 Å². The number of hydrogen-bond acceptors (Lipinski definition) is 5. The van der Waals surface area contributed by atoms with Gasteiger partial charge in [0.2, 0.25) is 0 Å². The third-order valence-electron chi connectivity index (χ3n) is 3.27. The molecule has 2 amide bonds. The highest BCUT2D eigenvalue weighted by atomic mass is 16.5. The molecule has 0 aliphatic carbocycles. The second-order valence-electron chi connectivity index (χ2n) is 4.95. The van der Waals surface area contributed by atoms with Gasteiger partial charge in [0.25, 0.3) is 11.8 Å². The van der Waals surface area contributed by atoms with E-state index in [1.807, 2.05) is 12.1 Å². The lowest BCUT2D eigenvalue weighted by Gasteiger charge is -2.06. The molecule has 2 aromatic rings. The van der Waals surface area contributed by atoms with Crippen LogP contribution in [0, 0.1) is 0 Å². The standard InChI is InChI=1S/C18H19N3O4/c1-24-15-8-5-7-13(10-15)18(23)19-12-17(22)21-20-11-14-6-3-4-9-16(14)25-2/h3-11H,12H2,1-2H3,(H,19,23)(H,21,22)/b20-11+. The molecule has 2 N–H and O–H groups in total. The summed E-state index contributed by atoms with van der Waals surface area (Å²) >= 11 is 0. The van der Waals surface area contributed by atoms with Gasteiger partial charge in [0, 0.05) is 11.1 Å². The third-order valence-corrected chi connectivity index (χ3v) is 3.27. The van der Waals surface area contributed by atoms with Crippen molar-refractivity contribution in [2.45, 2.75) is 0 Å². The highest BCUT2D eigenvalue weighted by molar-refractivity contribution is 5.96. The lowest BCUT2D eigenvalue weighted by atomic mass is 10.2. The van der Waals surface area contributed by atoms with E-state index in [1.165, 1.54) is 13.3 Å². The molecule has 7 heteroatoms. The minimum atomic E-state index is -0.442. The molecule has 0 heterocycles. The Bertz CT molecular complexity index is 774. The fraction of sp³-hybridized carbons (Fsp3) is 0.167. The molecule has 0 atom stereocenters. The molecule has 25 heavy (non-hydrogen) atoms. The number of rotatable bonds is 7. The van der Waals surface area contributed by atoms with Crippen LogP contribution in [-0.2, 0) is 4.79 Å². The van der Waals surface area contributed by atoms with E-state index in [1.54, 1.807) is 43.5 Å². The van der Waals surface area contributed by atoms with Gasteiger partial charge in [0.05, 0.1) is 27.0 Å². The van der Waals surface area contributed by atoms with E-state index in [2.05, 4.69) is 15.8 Å². The largest absolute Gasteiger partial charge is 0.497 e. The zero-order chi connectivity index (χ0) is 18.1. The molecule has 0 aliphatic heterocycles. The predicted molar refractivity (Wildman–Crippen MR) is 94.1 cm³/mol. The van der Waals surface area contributed by atoms with E-state index in [0.717, 1.165) is 5.56 Å². The van der Waals surface area contributed by atoms with E-state index in [-0.39, 0.29) is 12.5 Å². The van der Waals surface area contributed by atoms with Crippen molar-refractivity contribution in [3.8, 4) is 11.5 Å². The number of ether oxygens (including phenoxy) is 2. The van der Waals surface area contributed by atoms with Crippen LogP contribution in [0.5, 0.6) is 11.5 Å². The van der Waals surface area contributed by atoms with Gasteiger partial charge in [-0.25, -0.2) is 5.43 Å². The van der Waals surface area contributed by atoms with Gasteiger partial charge in [-0.05, 0) is 30.3 Å². The summed E-state index contributed by atoms with van der Waals surface area (Å²) in [5.74, 6) is 0.399. The first kappa shape index (κ1) is 18.0. The fourth-order valence-electron chi connectivity index (χ4n) is 2.01. The average Bonchev–Trinajstić information content (AvgIpc) is 2.66. The van der Waals surface area contributed by atoms with E-state index < -0.39 is 5.91 Å². The molecule has 0 unspecified atom stereocenters. The molecule has 2 rings (SSSR count). The van der Waals surface area contributed by atoms with Crippen molar-refractivity contribution < 1.29 is 19.1 Å². The smallest absolute Gasteiger partial charge is 0.259 e. The van der Waals surface area contributed by atoms with E-state index in [0.29, 0.717) is 17.1 Å². The van der Waals surface area contributed by atoms with Gasteiger partial charge in [-0.15, -0.1) is 0 Å². The first-order chi connectivity index (χ1) is 12.1. The van der Waals surface area contributed by atoms with Crippen LogP contribution >= 0.6 is 0 Å². The number of methoxy groups -OCH3 is 2. The molecule has 7 nitrogen and oxygen atoms in total. The molecule has 0 spiro atoms. The van der Waals surface area contributed by atoms with Crippen LogP contribution in [0.2, 0.25) is 0 Å². The molecule has 0 radical (unpaired) electrons. The molecular formula is C18H19N3O4. The van der Waals surface area contributed by atoms with Crippen molar-refractivity contribution in [2.75, 3.05) is 20.8 Å². The summed E-state index contributed by atoms with van der Waals surface area (Å²) < 4.78 is 10.2. The average molecular weight is 341 g/mol. The van der Waals surface area contributed by atoms with Crippen LogP contribution < -0.4 is 20.2 Å². The van der Waals surface area contributed by atoms with Gasteiger partial charge in [0.15, 0.2) is 0 Å². The molecule has 130 valence electrons. The monoisotopic (exact) mass is 341 g/mol. The van der Waals surface area contributed by atoms with Gasteiger partial charge in [0.1, 0.15) is 11.5 Å². The van der Waals surface area contributed by atoms with Crippen LogP contribution in [0.25, 0.3) is 0 Å². The van der Waals surface area contributed by atoms with Crippen LogP contribution in [0.4, 0.5) is 0 Å². The van der Waals surface area contributed by atoms with Gasteiger partial charge in [-0.3, -0.25) is 9.59 Å². The summed E-state index contributed by atoms with van der Waals surface area (Å²) in [7, 11) is 3.07. The Labute approximate surface area is 145 Å².